The maximum absolute atomic E-state index is 12.5. The summed E-state index contributed by atoms with van der Waals surface area (Å²) in [6, 6.07) is 19.2. The van der Waals surface area contributed by atoms with E-state index in [4.69, 9.17) is 5.73 Å². The fourth-order valence-electron chi connectivity index (χ4n) is 2.66. The molecule has 0 radical (unpaired) electrons. The van der Waals surface area contributed by atoms with E-state index in [9.17, 15) is 14.4 Å². The maximum atomic E-state index is 12.5. The maximum Gasteiger partial charge on any atom is 0.323 e. The molecule has 0 fully saturated rings. The Morgan fingerprint density at radius 2 is 1.62 bits per heavy atom. The summed E-state index contributed by atoms with van der Waals surface area (Å²) in [5.74, 6) is -2.46. The Labute approximate surface area is 150 Å². The number of imide groups is 1. The number of hydrogen-bond donors (Lipinski definition) is 2. The van der Waals surface area contributed by atoms with Gasteiger partial charge in [-0.3, -0.25) is 14.4 Å². The third kappa shape index (κ3) is 3.54. The van der Waals surface area contributed by atoms with Crippen LogP contribution in [-0.2, 0) is 14.4 Å². The topological polar surface area (TPSA) is 92.5 Å². The van der Waals surface area contributed by atoms with Gasteiger partial charge in [-0.05, 0) is 41.1 Å². The molecule has 3 N–H and O–H groups in total. The van der Waals surface area contributed by atoms with Crippen LogP contribution in [-0.4, -0.2) is 17.7 Å². The SMILES string of the molecule is CC(=O)N(C(=O)C(=O)Nc1ccc2ccccc2c1)c1cccc(N)c1. The van der Waals surface area contributed by atoms with Crippen molar-refractivity contribution in [3.05, 3.63) is 66.7 Å². The molecule has 0 bridgehead atoms. The molecule has 0 atom stereocenters. The number of nitrogens with one attached hydrogen (secondary N) is 1. The van der Waals surface area contributed by atoms with Crippen LogP contribution in [0, 0.1) is 0 Å². The zero-order valence-corrected chi connectivity index (χ0v) is 14.1. The lowest BCUT2D eigenvalue weighted by molar-refractivity contribution is -0.136. The Morgan fingerprint density at radius 1 is 0.885 bits per heavy atom. The van der Waals surface area contributed by atoms with Crippen LogP contribution in [0.15, 0.2) is 66.7 Å². The van der Waals surface area contributed by atoms with E-state index in [-0.39, 0.29) is 5.69 Å². The van der Waals surface area contributed by atoms with E-state index in [1.807, 2.05) is 30.3 Å². The van der Waals surface area contributed by atoms with Crippen molar-refractivity contribution in [2.45, 2.75) is 6.92 Å². The number of benzene rings is 3. The van der Waals surface area contributed by atoms with Crippen LogP contribution >= 0.6 is 0 Å². The highest BCUT2D eigenvalue weighted by Gasteiger charge is 2.27. The van der Waals surface area contributed by atoms with Gasteiger partial charge in [0.1, 0.15) is 0 Å². The van der Waals surface area contributed by atoms with Crippen LogP contribution in [0.5, 0.6) is 0 Å². The molecule has 0 aliphatic heterocycles. The molecule has 0 spiro atoms. The molecule has 3 aromatic carbocycles. The van der Waals surface area contributed by atoms with Crippen molar-refractivity contribution in [3.8, 4) is 0 Å². The van der Waals surface area contributed by atoms with Crippen molar-refractivity contribution in [2.24, 2.45) is 0 Å². The lowest BCUT2D eigenvalue weighted by Gasteiger charge is -2.19. The van der Waals surface area contributed by atoms with Crippen LogP contribution in [0.4, 0.5) is 17.1 Å². The number of amides is 3. The molecule has 0 aliphatic carbocycles. The number of nitrogens with two attached hydrogens (primary N) is 1. The minimum atomic E-state index is -0.976. The van der Waals surface area contributed by atoms with E-state index in [1.54, 1.807) is 30.3 Å². The number of nitrogens with zero attached hydrogens (tertiary/aromatic N) is 1. The molecule has 3 rings (SSSR count). The molecule has 26 heavy (non-hydrogen) atoms. The van der Waals surface area contributed by atoms with E-state index in [0.29, 0.717) is 11.4 Å². The summed E-state index contributed by atoms with van der Waals surface area (Å²) in [6.45, 7) is 1.21. The van der Waals surface area contributed by atoms with Gasteiger partial charge in [0.25, 0.3) is 0 Å². The zero-order valence-electron chi connectivity index (χ0n) is 14.1. The van der Waals surface area contributed by atoms with Gasteiger partial charge >= 0.3 is 11.8 Å². The van der Waals surface area contributed by atoms with E-state index in [0.717, 1.165) is 15.7 Å². The summed E-state index contributed by atoms with van der Waals surface area (Å²) in [6.07, 6.45) is 0. The standard InChI is InChI=1S/C20H17N3O3/c1-13(24)23(18-8-4-7-16(21)12-18)20(26)19(25)22-17-10-9-14-5-2-3-6-15(14)11-17/h2-12H,21H2,1H3,(H,22,25). The molecule has 6 nitrogen and oxygen atoms in total. The third-order valence-electron chi connectivity index (χ3n) is 3.85. The molecule has 3 aromatic rings. The number of carbonyl (C=O) groups excluding carboxylic acids is 3. The van der Waals surface area contributed by atoms with Crippen molar-refractivity contribution in [1.82, 2.24) is 0 Å². The molecular formula is C20H17N3O3. The van der Waals surface area contributed by atoms with Crippen molar-refractivity contribution >= 4 is 45.6 Å². The van der Waals surface area contributed by atoms with Crippen molar-refractivity contribution in [2.75, 3.05) is 16.0 Å². The molecule has 130 valence electrons. The predicted octanol–water partition coefficient (Wildman–Crippen LogP) is 2.94. The van der Waals surface area contributed by atoms with Crippen molar-refractivity contribution < 1.29 is 14.4 Å². The number of nitrogen functional groups attached to an aromatic ring is 1. The van der Waals surface area contributed by atoms with Crippen LogP contribution in [0.2, 0.25) is 0 Å². The summed E-state index contributed by atoms with van der Waals surface area (Å²) in [5, 5.41) is 4.48. The van der Waals surface area contributed by atoms with Gasteiger partial charge in [0.05, 0.1) is 5.69 Å². The van der Waals surface area contributed by atoms with Gasteiger partial charge < -0.3 is 11.1 Å². The van der Waals surface area contributed by atoms with Gasteiger partial charge in [0.2, 0.25) is 5.91 Å². The number of rotatable bonds is 2. The fraction of sp³-hybridized carbons (Fsp3) is 0.0500. The third-order valence-corrected chi connectivity index (χ3v) is 3.85. The monoisotopic (exact) mass is 347 g/mol. The van der Waals surface area contributed by atoms with Gasteiger partial charge in [-0.15, -0.1) is 0 Å². The van der Waals surface area contributed by atoms with Gasteiger partial charge in [0.15, 0.2) is 0 Å². The molecule has 0 aliphatic rings. The first-order chi connectivity index (χ1) is 12.5. The van der Waals surface area contributed by atoms with Crippen LogP contribution in [0.3, 0.4) is 0 Å². The van der Waals surface area contributed by atoms with Crippen LogP contribution < -0.4 is 16.0 Å². The molecule has 6 heteroatoms. The summed E-state index contributed by atoms with van der Waals surface area (Å²) in [4.78, 5) is 37.6. The normalized spacial score (nSPS) is 10.3. The van der Waals surface area contributed by atoms with E-state index in [2.05, 4.69) is 5.32 Å². The second kappa shape index (κ2) is 7.06. The minimum Gasteiger partial charge on any atom is -0.399 e. The van der Waals surface area contributed by atoms with Crippen LogP contribution in [0.1, 0.15) is 6.92 Å². The zero-order chi connectivity index (χ0) is 18.7. The Bertz CT molecular complexity index is 1010. The van der Waals surface area contributed by atoms with Gasteiger partial charge in [0, 0.05) is 18.3 Å². The highest BCUT2D eigenvalue weighted by molar-refractivity contribution is 6.48. The quantitative estimate of drug-likeness (QED) is 0.551. The molecule has 0 aromatic heterocycles. The Morgan fingerprint density at radius 3 is 2.31 bits per heavy atom. The summed E-state index contributed by atoms with van der Waals surface area (Å²) in [7, 11) is 0. The van der Waals surface area contributed by atoms with Gasteiger partial charge in [-0.1, -0.05) is 36.4 Å². The predicted molar refractivity (Wildman–Crippen MR) is 102 cm³/mol. The molecule has 0 unspecified atom stereocenters. The lowest BCUT2D eigenvalue weighted by atomic mass is 10.1. The minimum absolute atomic E-state index is 0.246. The average molecular weight is 347 g/mol. The molecule has 0 saturated carbocycles. The van der Waals surface area contributed by atoms with E-state index in [1.165, 1.54) is 13.0 Å². The summed E-state index contributed by atoms with van der Waals surface area (Å²) < 4.78 is 0. The first-order valence-electron chi connectivity index (χ1n) is 7.96. The van der Waals surface area contributed by atoms with Crippen molar-refractivity contribution in [3.63, 3.8) is 0 Å². The van der Waals surface area contributed by atoms with Gasteiger partial charge in [-0.2, -0.15) is 0 Å². The Kier molecular flexibility index (Phi) is 4.66. The van der Waals surface area contributed by atoms with Crippen molar-refractivity contribution in [1.29, 1.82) is 0 Å². The summed E-state index contributed by atoms with van der Waals surface area (Å²) in [5.41, 5.74) is 6.80. The lowest BCUT2D eigenvalue weighted by Crippen LogP contribution is -2.42. The molecule has 0 heterocycles. The number of hydrogen-bond acceptors (Lipinski definition) is 4. The van der Waals surface area contributed by atoms with E-state index >= 15 is 0 Å². The second-order valence-electron chi connectivity index (χ2n) is 5.77. The highest BCUT2D eigenvalue weighted by Crippen LogP contribution is 2.21. The number of carbonyl (C=O) groups is 3. The fourth-order valence-corrected chi connectivity index (χ4v) is 2.66. The molecular weight excluding hydrogens is 330 g/mol. The molecule has 0 saturated heterocycles. The second-order valence-corrected chi connectivity index (χ2v) is 5.77. The molecule has 3 amide bonds. The Balaban J connectivity index is 1.84. The Hall–Kier alpha value is -3.67. The van der Waals surface area contributed by atoms with Gasteiger partial charge in [-0.25, -0.2) is 4.90 Å². The largest absolute Gasteiger partial charge is 0.399 e. The summed E-state index contributed by atoms with van der Waals surface area (Å²) >= 11 is 0. The highest BCUT2D eigenvalue weighted by atomic mass is 16.2. The van der Waals surface area contributed by atoms with Crippen LogP contribution in [0.25, 0.3) is 10.8 Å². The average Bonchev–Trinajstić information content (AvgIpc) is 2.61. The smallest absolute Gasteiger partial charge is 0.323 e. The number of anilines is 3. The number of fused-ring (bicyclic) bond motifs is 1. The first kappa shape index (κ1) is 17.2. The van der Waals surface area contributed by atoms with E-state index < -0.39 is 17.7 Å². The first-order valence-corrected chi connectivity index (χ1v) is 7.96.